The van der Waals surface area contributed by atoms with Gasteiger partial charge in [-0.2, -0.15) is 0 Å². The molecule has 11 heteroatoms. The SMILES string of the molecule is CCNC(=O)NS(=O)(=O)c1sc(CC(C)C)cc1-c1ccc(CN(C(=O)c2ccccc2)[C@H](C(=O)O)C(C)C)cc1. The molecule has 0 aliphatic rings. The molecule has 0 spiro atoms. The van der Waals surface area contributed by atoms with E-state index in [0.717, 1.165) is 16.2 Å². The largest absolute Gasteiger partial charge is 0.480 e. The first-order valence-corrected chi connectivity index (χ1v) is 15.8. The first-order chi connectivity index (χ1) is 19.3. The lowest BCUT2D eigenvalue weighted by molar-refractivity contribution is -0.144. The molecule has 0 saturated heterocycles. The Morgan fingerprint density at radius 1 is 0.976 bits per heavy atom. The van der Waals surface area contributed by atoms with E-state index in [1.165, 1.54) is 4.90 Å². The molecule has 0 fully saturated rings. The summed E-state index contributed by atoms with van der Waals surface area (Å²) in [6, 6.07) is 15.5. The number of carboxylic acids is 1. The number of carbonyl (C=O) groups is 3. The predicted octanol–water partition coefficient (Wildman–Crippen LogP) is 5.37. The molecule has 3 amide bonds. The molecule has 41 heavy (non-hydrogen) atoms. The minimum absolute atomic E-state index is 0.0405. The van der Waals surface area contributed by atoms with Crippen molar-refractivity contribution in [1.82, 2.24) is 14.9 Å². The molecule has 1 atom stereocenters. The maximum Gasteiger partial charge on any atom is 0.328 e. The second-order valence-corrected chi connectivity index (χ2v) is 13.5. The first kappa shape index (κ1) is 31.8. The van der Waals surface area contributed by atoms with Crippen LogP contribution in [-0.4, -0.2) is 48.9 Å². The standard InChI is InChI=1S/C30H37N3O6S2/c1-6-31-30(37)32-41(38,39)29-25(17-24(40-29)16-19(2)3)22-14-12-21(13-15-22)18-33(26(20(4)5)28(35)36)27(34)23-10-8-7-9-11-23/h7-15,17,19-20,26H,6,16,18H2,1-5H3,(H,35,36)(H2,31,32,37)/t26-/m0/s1. The van der Waals surface area contributed by atoms with Crippen LogP contribution in [0.4, 0.5) is 4.79 Å². The van der Waals surface area contributed by atoms with Crippen molar-refractivity contribution in [3.8, 4) is 11.1 Å². The van der Waals surface area contributed by atoms with Crippen molar-refractivity contribution in [1.29, 1.82) is 0 Å². The van der Waals surface area contributed by atoms with Gasteiger partial charge in [-0.25, -0.2) is 22.7 Å². The average molecular weight is 600 g/mol. The maximum absolute atomic E-state index is 13.4. The zero-order valence-corrected chi connectivity index (χ0v) is 25.5. The third kappa shape index (κ3) is 8.17. The first-order valence-electron chi connectivity index (χ1n) is 13.5. The molecular formula is C30H37N3O6S2. The van der Waals surface area contributed by atoms with Crippen LogP contribution in [0.3, 0.4) is 0 Å². The van der Waals surface area contributed by atoms with Crippen molar-refractivity contribution in [2.75, 3.05) is 6.54 Å². The zero-order valence-electron chi connectivity index (χ0n) is 23.9. The van der Waals surface area contributed by atoms with E-state index in [-0.39, 0.29) is 23.2 Å². The lowest BCUT2D eigenvalue weighted by Gasteiger charge is -2.31. The highest BCUT2D eigenvalue weighted by Crippen LogP contribution is 2.36. The third-order valence-corrected chi connectivity index (χ3v) is 9.31. The lowest BCUT2D eigenvalue weighted by atomic mass is 9.99. The molecule has 220 valence electrons. The highest BCUT2D eigenvalue weighted by atomic mass is 32.2. The van der Waals surface area contributed by atoms with Gasteiger partial charge in [0, 0.05) is 29.1 Å². The summed E-state index contributed by atoms with van der Waals surface area (Å²) in [6.07, 6.45) is 0.675. The number of aliphatic carboxylic acids is 1. The van der Waals surface area contributed by atoms with E-state index in [4.69, 9.17) is 0 Å². The number of thiophene rings is 1. The van der Waals surface area contributed by atoms with E-state index in [1.807, 2.05) is 19.9 Å². The van der Waals surface area contributed by atoms with Crippen molar-refractivity contribution in [3.63, 3.8) is 0 Å². The smallest absolute Gasteiger partial charge is 0.328 e. The summed E-state index contributed by atoms with van der Waals surface area (Å²) in [5.41, 5.74) is 2.17. The van der Waals surface area contributed by atoms with E-state index >= 15 is 0 Å². The summed E-state index contributed by atoms with van der Waals surface area (Å²) in [4.78, 5) is 39.9. The minimum Gasteiger partial charge on any atom is -0.480 e. The Morgan fingerprint density at radius 2 is 1.61 bits per heavy atom. The number of nitrogens with zero attached hydrogens (tertiary/aromatic N) is 1. The van der Waals surface area contributed by atoms with Crippen LogP contribution in [-0.2, 0) is 27.8 Å². The van der Waals surface area contributed by atoms with Crippen LogP contribution in [0.5, 0.6) is 0 Å². The molecule has 0 unspecified atom stereocenters. The van der Waals surface area contributed by atoms with Crippen molar-refractivity contribution >= 4 is 39.3 Å². The number of rotatable bonds is 12. The molecular weight excluding hydrogens is 562 g/mol. The fraction of sp³-hybridized carbons (Fsp3) is 0.367. The number of hydrogen-bond donors (Lipinski definition) is 3. The monoisotopic (exact) mass is 599 g/mol. The summed E-state index contributed by atoms with van der Waals surface area (Å²) in [6.45, 7) is 9.62. The Balaban J connectivity index is 1.99. The molecule has 1 heterocycles. The predicted molar refractivity (Wildman–Crippen MR) is 160 cm³/mol. The molecule has 3 aromatic rings. The van der Waals surface area contributed by atoms with Gasteiger partial charge >= 0.3 is 12.0 Å². The van der Waals surface area contributed by atoms with E-state index in [9.17, 15) is 27.9 Å². The molecule has 0 saturated carbocycles. The molecule has 0 aliphatic heterocycles. The molecule has 3 N–H and O–H groups in total. The second-order valence-electron chi connectivity index (χ2n) is 10.5. The number of benzene rings is 2. The summed E-state index contributed by atoms with van der Waals surface area (Å²) in [5.74, 6) is -1.52. The highest BCUT2D eigenvalue weighted by molar-refractivity contribution is 7.92. The van der Waals surface area contributed by atoms with Crippen molar-refractivity contribution in [3.05, 3.63) is 76.7 Å². The number of carboxylic acid groups (broad SMARTS) is 1. The molecule has 9 nitrogen and oxygen atoms in total. The number of nitrogens with one attached hydrogen (secondary N) is 2. The van der Waals surface area contributed by atoms with Gasteiger partial charge in [0.2, 0.25) is 0 Å². The van der Waals surface area contributed by atoms with Crippen LogP contribution >= 0.6 is 11.3 Å². The van der Waals surface area contributed by atoms with E-state index in [0.29, 0.717) is 34.6 Å². The summed E-state index contributed by atoms with van der Waals surface area (Å²) >= 11 is 1.13. The summed E-state index contributed by atoms with van der Waals surface area (Å²) < 4.78 is 28.5. The molecule has 3 rings (SSSR count). The molecule has 0 radical (unpaired) electrons. The number of hydrogen-bond acceptors (Lipinski definition) is 6. The van der Waals surface area contributed by atoms with Crippen LogP contribution in [0.25, 0.3) is 11.1 Å². The van der Waals surface area contributed by atoms with Gasteiger partial charge in [-0.05, 0) is 54.5 Å². The Bertz CT molecular complexity index is 1470. The average Bonchev–Trinajstić information content (AvgIpc) is 3.32. The molecule has 1 aromatic heterocycles. The number of sulfonamides is 1. The Labute approximate surface area is 245 Å². The minimum atomic E-state index is -4.14. The number of urea groups is 1. The quantitative estimate of drug-likeness (QED) is 0.256. The van der Waals surface area contributed by atoms with Gasteiger partial charge < -0.3 is 15.3 Å². The summed E-state index contributed by atoms with van der Waals surface area (Å²) in [5, 5.41) is 12.4. The van der Waals surface area contributed by atoms with Gasteiger partial charge in [0.1, 0.15) is 10.3 Å². The van der Waals surface area contributed by atoms with E-state index in [1.54, 1.807) is 75.4 Å². The lowest BCUT2D eigenvalue weighted by Crippen LogP contribution is -2.47. The molecule has 0 bridgehead atoms. The van der Waals surface area contributed by atoms with Gasteiger partial charge in [0.05, 0.1) is 0 Å². The Kier molecular flexibility index (Phi) is 10.7. The Morgan fingerprint density at radius 3 is 2.15 bits per heavy atom. The summed E-state index contributed by atoms with van der Waals surface area (Å²) in [7, 11) is -4.14. The van der Waals surface area contributed by atoms with Crippen molar-refractivity contribution in [2.45, 2.75) is 57.8 Å². The van der Waals surface area contributed by atoms with E-state index in [2.05, 4.69) is 10.0 Å². The molecule has 2 aromatic carbocycles. The third-order valence-electron chi connectivity index (χ3n) is 6.29. The van der Waals surface area contributed by atoms with Crippen molar-refractivity contribution < 1.29 is 27.9 Å². The van der Waals surface area contributed by atoms with Crippen LogP contribution in [0, 0.1) is 11.8 Å². The fourth-order valence-electron chi connectivity index (χ4n) is 4.50. The van der Waals surface area contributed by atoms with Gasteiger partial charge in [-0.15, -0.1) is 11.3 Å². The zero-order chi connectivity index (χ0) is 30.3. The van der Waals surface area contributed by atoms with Crippen molar-refractivity contribution in [2.24, 2.45) is 11.8 Å². The van der Waals surface area contributed by atoms with Crippen LogP contribution in [0.1, 0.15) is 55.4 Å². The fourth-order valence-corrected chi connectivity index (χ4v) is 7.38. The van der Waals surface area contributed by atoms with Crippen LogP contribution < -0.4 is 10.0 Å². The maximum atomic E-state index is 13.4. The van der Waals surface area contributed by atoms with Gasteiger partial charge in [-0.3, -0.25) is 4.79 Å². The normalized spacial score (nSPS) is 12.3. The van der Waals surface area contributed by atoms with Crippen LogP contribution in [0.2, 0.25) is 0 Å². The number of carbonyl (C=O) groups excluding carboxylic acids is 2. The van der Waals surface area contributed by atoms with Gasteiger partial charge in [0.15, 0.2) is 0 Å². The highest BCUT2D eigenvalue weighted by Gasteiger charge is 2.33. The Hall–Kier alpha value is -3.70. The second kappa shape index (κ2) is 13.8. The van der Waals surface area contributed by atoms with Gasteiger partial charge in [0.25, 0.3) is 15.9 Å². The van der Waals surface area contributed by atoms with E-state index < -0.39 is 34.0 Å². The topological polar surface area (TPSA) is 133 Å². The molecule has 0 aliphatic carbocycles. The van der Waals surface area contributed by atoms with Gasteiger partial charge in [-0.1, -0.05) is 70.2 Å². The number of amides is 3. The van der Waals surface area contributed by atoms with Crippen LogP contribution in [0.15, 0.2) is 64.9 Å².